The number of hydrogen-bond acceptors (Lipinski definition) is 4. The van der Waals surface area contributed by atoms with Crippen LogP contribution in [0.2, 0.25) is 0 Å². The molecule has 0 amide bonds. The van der Waals surface area contributed by atoms with Crippen LogP contribution in [-0.4, -0.2) is 32.6 Å². The van der Waals surface area contributed by atoms with Gasteiger partial charge in [0.1, 0.15) is 22.9 Å². The van der Waals surface area contributed by atoms with Gasteiger partial charge in [0.2, 0.25) is 0 Å². The molecule has 5 heteroatoms. The predicted molar refractivity (Wildman–Crippen MR) is 71.2 cm³/mol. The molecule has 0 saturated heterocycles. The van der Waals surface area contributed by atoms with Crippen molar-refractivity contribution in [3.8, 4) is 11.5 Å². The maximum atomic E-state index is 5.39. The van der Waals surface area contributed by atoms with Crippen LogP contribution in [0.25, 0.3) is 0 Å². The van der Waals surface area contributed by atoms with Crippen molar-refractivity contribution in [1.29, 1.82) is 0 Å². The first-order valence-electron chi connectivity index (χ1n) is 5.38. The quantitative estimate of drug-likeness (QED) is 0.930. The van der Waals surface area contributed by atoms with Gasteiger partial charge in [-0.3, -0.25) is 4.99 Å². The van der Waals surface area contributed by atoms with Gasteiger partial charge in [-0.05, 0) is 19.1 Å². The second kappa shape index (κ2) is 4.96. The summed E-state index contributed by atoms with van der Waals surface area (Å²) in [6.07, 6.45) is 0. The SMILES string of the molecule is COc1cc(Br)cc(OC)c1C1=NCC(C)N1. The first kappa shape index (κ1) is 12.2. The maximum absolute atomic E-state index is 5.39. The van der Waals surface area contributed by atoms with Gasteiger partial charge in [0, 0.05) is 10.5 Å². The van der Waals surface area contributed by atoms with Crippen molar-refractivity contribution >= 4 is 21.8 Å². The van der Waals surface area contributed by atoms with Crippen LogP contribution in [0.3, 0.4) is 0 Å². The molecule has 0 bridgehead atoms. The zero-order valence-corrected chi connectivity index (χ0v) is 11.7. The van der Waals surface area contributed by atoms with Crippen molar-refractivity contribution in [2.75, 3.05) is 20.8 Å². The van der Waals surface area contributed by atoms with E-state index in [0.717, 1.165) is 33.9 Å². The van der Waals surface area contributed by atoms with Gasteiger partial charge >= 0.3 is 0 Å². The summed E-state index contributed by atoms with van der Waals surface area (Å²) in [5, 5.41) is 3.31. The minimum absolute atomic E-state index is 0.350. The maximum Gasteiger partial charge on any atom is 0.136 e. The minimum Gasteiger partial charge on any atom is -0.496 e. The number of nitrogens with one attached hydrogen (secondary N) is 1. The minimum atomic E-state index is 0.350. The van der Waals surface area contributed by atoms with Gasteiger partial charge in [0.25, 0.3) is 0 Å². The lowest BCUT2D eigenvalue weighted by Gasteiger charge is -2.15. The van der Waals surface area contributed by atoms with Gasteiger partial charge in [-0.1, -0.05) is 15.9 Å². The second-order valence-electron chi connectivity index (χ2n) is 3.92. The number of methoxy groups -OCH3 is 2. The van der Waals surface area contributed by atoms with E-state index in [9.17, 15) is 0 Å². The molecule has 4 nitrogen and oxygen atoms in total. The van der Waals surface area contributed by atoms with E-state index in [4.69, 9.17) is 9.47 Å². The molecular weight excluding hydrogens is 284 g/mol. The molecule has 1 aliphatic rings. The average molecular weight is 299 g/mol. The molecule has 92 valence electrons. The Morgan fingerprint density at radius 3 is 2.29 bits per heavy atom. The van der Waals surface area contributed by atoms with Crippen LogP contribution in [0.1, 0.15) is 12.5 Å². The molecule has 1 aromatic carbocycles. The van der Waals surface area contributed by atoms with E-state index in [2.05, 4.69) is 33.2 Å². The molecule has 1 heterocycles. The molecule has 0 fully saturated rings. The average Bonchev–Trinajstić information content (AvgIpc) is 2.74. The predicted octanol–water partition coefficient (Wildman–Crippen LogP) is 2.20. The van der Waals surface area contributed by atoms with Gasteiger partial charge in [0.15, 0.2) is 0 Å². The Morgan fingerprint density at radius 1 is 1.29 bits per heavy atom. The van der Waals surface area contributed by atoms with Gasteiger partial charge in [-0.25, -0.2) is 0 Å². The molecular formula is C12H15BrN2O2. The van der Waals surface area contributed by atoms with Gasteiger partial charge in [-0.2, -0.15) is 0 Å². The Balaban J connectivity index is 2.50. The van der Waals surface area contributed by atoms with Crippen molar-refractivity contribution in [3.63, 3.8) is 0 Å². The third-order valence-corrected chi connectivity index (χ3v) is 3.07. The summed E-state index contributed by atoms with van der Waals surface area (Å²) in [6, 6.07) is 4.17. The van der Waals surface area contributed by atoms with E-state index in [1.807, 2.05) is 12.1 Å². The molecule has 1 unspecified atom stereocenters. The summed E-state index contributed by atoms with van der Waals surface area (Å²) in [6.45, 7) is 2.87. The lowest BCUT2D eigenvalue weighted by molar-refractivity contribution is 0.392. The summed E-state index contributed by atoms with van der Waals surface area (Å²) < 4.78 is 11.7. The number of nitrogens with zero attached hydrogens (tertiary/aromatic N) is 1. The Kier molecular flexibility index (Phi) is 3.57. The van der Waals surface area contributed by atoms with Gasteiger partial charge < -0.3 is 14.8 Å². The summed E-state index contributed by atoms with van der Waals surface area (Å²) in [7, 11) is 3.29. The van der Waals surface area contributed by atoms with Crippen LogP contribution in [0.15, 0.2) is 21.6 Å². The van der Waals surface area contributed by atoms with Gasteiger partial charge in [-0.15, -0.1) is 0 Å². The van der Waals surface area contributed by atoms with E-state index in [1.54, 1.807) is 14.2 Å². The van der Waals surface area contributed by atoms with E-state index in [-0.39, 0.29) is 0 Å². The van der Waals surface area contributed by atoms with Crippen molar-refractivity contribution in [3.05, 3.63) is 22.2 Å². The van der Waals surface area contributed by atoms with Crippen molar-refractivity contribution in [2.45, 2.75) is 13.0 Å². The molecule has 0 saturated carbocycles. The Labute approximate surface area is 109 Å². The molecule has 1 aromatic rings. The fourth-order valence-corrected chi connectivity index (χ4v) is 2.23. The number of aliphatic imine (C=N–C) groups is 1. The largest absolute Gasteiger partial charge is 0.496 e. The number of halogens is 1. The molecule has 17 heavy (non-hydrogen) atoms. The zero-order valence-electron chi connectivity index (χ0n) is 10.1. The number of benzene rings is 1. The fraction of sp³-hybridized carbons (Fsp3) is 0.417. The van der Waals surface area contributed by atoms with E-state index < -0.39 is 0 Å². The van der Waals surface area contributed by atoms with E-state index >= 15 is 0 Å². The zero-order chi connectivity index (χ0) is 12.4. The van der Waals surface area contributed by atoms with Crippen molar-refractivity contribution in [1.82, 2.24) is 5.32 Å². The molecule has 1 N–H and O–H groups in total. The summed E-state index contributed by atoms with van der Waals surface area (Å²) in [5.41, 5.74) is 0.877. The summed E-state index contributed by atoms with van der Waals surface area (Å²) in [4.78, 5) is 4.46. The van der Waals surface area contributed by atoms with Crippen LogP contribution in [0, 0.1) is 0 Å². The molecule has 0 aliphatic carbocycles. The highest BCUT2D eigenvalue weighted by molar-refractivity contribution is 9.10. The molecule has 2 rings (SSSR count). The van der Waals surface area contributed by atoms with Crippen LogP contribution in [0.5, 0.6) is 11.5 Å². The first-order chi connectivity index (χ1) is 8.15. The number of ether oxygens (including phenoxy) is 2. The topological polar surface area (TPSA) is 42.9 Å². The third-order valence-electron chi connectivity index (χ3n) is 2.61. The Morgan fingerprint density at radius 2 is 1.88 bits per heavy atom. The van der Waals surface area contributed by atoms with Crippen molar-refractivity contribution in [2.24, 2.45) is 4.99 Å². The number of rotatable bonds is 3. The highest BCUT2D eigenvalue weighted by Gasteiger charge is 2.22. The van der Waals surface area contributed by atoms with Crippen LogP contribution >= 0.6 is 15.9 Å². The van der Waals surface area contributed by atoms with Crippen molar-refractivity contribution < 1.29 is 9.47 Å². The Hall–Kier alpha value is -1.23. The summed E-state index contributed by atoms with van der Waals surface area (Å²) in [5.74, 6) is 2.33. The standard InChI is InChI=1S/C12H15BrN2O2/c1-7-6-14-12(15-7)11-9(16-2)4-8(13)5-10(11)17-3/h4-5,7H,6H2,1-3H3,(H,14,15). The lowest BCUT2D eigenvalue weighted by Crippen LogP contribution is -2.28. The van der Waals surface area contributed by atoms with Crippen LogP contribution in [0.4, 0.5) is 0 Å². The highest BCUT2D eigenvalue weighted by Crippen LogP contribution is 2.33. The van der Waals surface area contributed by atoms with E-state index in [0.29, 0.717) is 6.04 Å². The highest BCUT2D eigenvalue weighted by atomic mass is 79.9. The molecule has 1 aliphatic heterocycles. The van der Waals surface area contributed by atoms with E-state index in [1.165, 1.54) is 0 Å². The monoisotopic (exact) mass is 298 g/mol. The number of hydrogen-bond donors (Lipinski definition) is 1. The van der Waals surface area contributed by atoms with Crippen LogP contribution in [-0.2, 0) is 0 Å². The number of amidine groups is 1. The van der Waals surface area contributed by atoms with Gasteiger partial charge in [0.05, 0.1) is 20.8 Å². The smallest absolute Gasteiger partial charge is 0.136 e. The fourth-order valence-electron chi connectivity index (χ4n) is 1.82. The molecule has 0 aromatic heterocycles. The molecule has 1 atom stereocenters. The Bertz CT molecular complexity index is 435. The first-order valence-corrected chi connectivity index (χ1v) is 6.18. The normalized spacial score (nSPS) is 18.6. The van der Waals surface area contributed by atoms with Crippen LogP contribution < -0.4 is 14.8 Å². The third kappa shape index (κ3) is 2.39. The second-order valence-corrected chi connectivity index (χ2v) is 4.84. The molecule has 0 radical (unpaired) electrons. The lowest BCUT2D eigenvalue weighted by atomic mass is 10.1. The molecule has 0 spiro atoms. The summed E-state index contributed by atoms with van der Waals surface area (Å²) >= 11 is 3.43.